The molecule has 2 heterocycles. The van der Waals surface area contributed by atoms with Gasteiger partial charge >= 0.3 is 6.09 Å². The van der Waals surface area contributed by atoms with E-state index in [1.54, 1.807) is 0 Å². The summed E-state index contributed by atoms with van der Waals surface area (Å²) in [7, 11) is 0. The number of carbonyl (C=O) groups excluding carboxylic acids is 1. The molecule has 0 spiro atoms. The highest BCUT2D eigenvalue weighted by molar-refractivity contribution is 6.99. The number of amides is 1. The smallest absolute Gasteiger partial charge is 0.408 e. The summed E-state index contributed by atoms with van der Waals surface area (Å²) in [4.78, 5) is 16.3. The summed E-state index contributed by atoms with van der Waals surface area (Å²) in [6.07, 6.45) is 1.57. The molecule has 0 radical (unpaired) electrons. The number of hydrogen-bond donors (Lipinski definition) is 0. The Labute approximate surface area is 288 Å². The standard InChI is InChI=1S/C45H40BNO2/c1-44(2,3)25-28-14-13-15-29(26-45(4,5)6)40(28)46-35-20-11-12-21-37(35)47-41-36(46)23-22-27-24-34-32-18-8-7-16-30(32)31-17-9-10-19-33(31)39(34)42(38(27)41)49-43(47)48/h7-24H,25-26H2,1-6H3. The average Bonchev–Trinajstić information content (AvgIpc) is 3.06. The number of carbonyl (C=O) groups is 1. The van der Waals surface area contributed by atoms with Gasteiger partial charge in [0.15, 0.2) is 5.75 Å². The van der Waals surface area contributed by atoms with E-state index in [0.717, 1.165) is 72.8 Å². The van der Waals surface area contributed by atoms with Crippen LogP contribution in [0.1, 0.15) is 52.7 Å². The highest BCUT2D eigenvalue weighted by Crippen LogP contribution is 2.50. The van der Waals surface area contributed by atoms with Gasteiger partial charge < -0.3 is 4.74 Å². The van der Waals surface area contributed by atoms with Crippen molar-refractivity contribution in [2.45, 2.75) is 54.4 Å². The van der Waals surface area contributed by atoms with Crippen LogP contribution in [0.4, 0.5) is 16.2 Å². The van der Waals surface area contributed by atoms with E-state index in [1.807, 2.05) is 11.0 Å². The maximum atomic E-state index is 14.5. The molecule has 0 atom stereocenters. The summed E-state index contributed by atoms with van der Waals surface area (Å²) in [5, 5.41) is 8.82. The van der Waals surface area contributed by atoms with E-state index in [4.69, 9.17) is 4.74 Å². The highest BCUT2D eigenvalue weighted by Gasteiger charge is 2.44. The lowest BCUT2D eigenvalue weighted by Gasteiger charge is -2.40. The molecule has 0 aromatic heterocycles. The zero-order valence-electron chi connectivity index (χ0n) is 29.1. The SMILES string of the molecule is CC(C)(C)Cc1cccc(CC(C)(C)C)c1B1c2ccccc2N2C(=O)Oc3c4c2c1ccc4cc1c2ccccc2c2ccccc2c31. The first kappa shape index (κ1) is 30.0. The van der Waals surface area contributed by atoms with Crippen LogP contribution in [0.2, 0.25) is 0 Å². The topological polar surface area (TPSA) is 29.5 Å². The molecular weight excluding hydrogens is 597 g/mol. The summed E-state index contributed by atoms with van der Waals surface area (Å²) in [6, 6.07) is 39.3. The number of fused-ring (bicyclic) bond motifs is 9. The minimum absolute atomic E-state index is 0.0365. The van der Waals surface area contributed by atoms with Gasteiger partial charge in [-0.3, -0.25) is 0 Å². The second-order valence-electron chi connectivity index (χ2n) is 16.5. The molecular formula is C45H40BNO2. The summed E-state index contributed by atoms with van der Waals surface area (Å²) in [6.45, 7) is 13.9. The van der Waals surface area contributed by atoms with Crippen molar-refractivity contribution >= 4 is 83.7 Å². The van der Waals surface area contributed by atoms with Crippen LogP contribution in [0, 0.1) is 10.8 Å². The van der Waals surface area contributed by atoms with Crippen molar-refractivity contribution in [2.75, 3.05) is 4.90 Å². The number of para-hydroxylation sites is 1. The van der Waals surface area contributed by atoms with Crippen molar-refractivity contribution in [3.8, 4) is 5.75 Å². The van der Waals surface area contributed by atoms with Crippen LogP contribution in [0.5, 0.6) is 5.75 Å². The Morgan fingerprint density at radius 3 is 1.82 bits per heavy atom. The van der Waals surface area contributed by atoms with E-state index in [1.165, 1.54) is 22.0 Å². The molecule has 9 rings (SSSR count). The molecule has 0 unspecified atom stereocenters. The Balaban J connectivity index is 1.43. The zero-order valence-corrected chi connectivity index (χ0v) is 29.1. The predicted octanol–water partition coefficient (Wildman–Crippen LogP) is 9.96. The van der Waals surface area contributed by atoms with Crippen molar-refractivity contribution in [3.05, 3.63) is 120 Å². The van der Waals surface area contributed by atoms with Crippen LogP contribution < -0.4 is 26.0 Å². The van der Waals surface area contributed by atoms with Gasteiger partial charge in [0.25, 0.3) is 0 Å². The molecule has 0 bridgehead atoms. The molecule has 0 N–H and O–H groups in total. The van der Waals surface area contributed by atoms with Gasteiger partial charge in [0.2, 0.25) is 6.71 Å². The van der Waals surface area contributed by atoms with Crippen molar-refractivity contribution in [3.63, 3.8) is 0 Å². The zero-order chi connectivity index (χ0) is 33.8. The van der Waals surface area contributed by atoms with Gasteiger partial charge in [-0.1, -0.05) is 155 Å². The molecule has 7 aromatic rings. The van der Waals surface area contributed by atoms with Crippen molar-refractivity contribution in [1.29, 1.82) is 0 Å². The Hall–Kier alpha value is -5.09. The van der Waals surface area contributed by atoms with Crippen molar-refractivity contribution < 1.29 is 9.53 Å². The van der Waals surface area contributed by atoms with E-state index in [0.29, 0.717) is 5.75 Å². The summed E-state index contributed by atoms with van der Waals surface area (Å²) in [5.41, 5.74) is 8.51. The predicted molar refractivity (Wildman–Crippen MR) is 208 cm³/mol. The quantitative estimate of drug-likeness (QED) is 0.110. The first-order chi connectivity index (χ1) is 23.5. The Morgan fingerprint density at radius 2 is 1.16 bits per heavy atom. The van der Waals surface area contributed by atoms with Crippen LogP contribution in [0.25, 0.3) is 43.1 Å². The molecule has 0 aliphatic carbocycles. The number of nitrogens with zero attached hydrogens (tertiary/aromatic N) is 1. The lowest BCUT2D eigenvalue weighted by molar-refractivity contribution is 0.210. The first-order valence-corrected chi connectivity index (χ1v) is 17.5. The first-order valence-electron chi connectivity index (χ1n) is 17.5. The normalized spacial score (nSPS) is 14.2. The number of hydrogen-bond acceptors (Lipinski definition) is 2. The van der Waals surface area contributed by atoms with Gasteiger partial charge in [0, 0.05) is 16.5 Å². The van der Waals surface area contributed by atoms with Gasteiger partial charge in [-0.2, -0.15) is 0 Å². The van der Waals surface area contributed by atoms with E-state index in [-0.39, 0.29) is 23.6 Å². The molecule has 2 aliphatic rings. The molecule has 49 heavy (non-hydrogen) atoms. The molecule has 2 aliphatic heterocycles. The fraction of sp³-hybridized carbons (Fsp3) is 0.222. The Kier molecular flexibility index (Phi) is 6.40. The third-order valence-corrected chi connectivity index (χ3v) is 10.4. The maximum absolute atomic E-state index is 14.5. The van der Waals surface area contributed by atoms with E-state index < -0.39 is 0 Å². The average molecular weight is 638 g/mol. The van der Waals surface area contributed by atoms with Crippen molar-refractivity contribution in [2.24, 2.45) is 10.8 Å². The van der Waals surface area contributed by atoms with Crippen molar-refractivity contribution in [1.82, 2.24) is 0 Å². The lowest BCUT2D eigenvalue weighted by Crippen LogP contribution is -2.61. The van der Waals surface area contributed by atoms with Gasteiger partial charge in [-0.15, -0.1) is 0 Å². The molecule has 0 fully saturated rings. The molecule has 240 valence electrons. The number of ether oxygens (including phenoxy) is 1. The van der Waals surface area contributed by atoms with E-state index in [9.17, 15) is 4.79 Å². The molecule has 0 saturated heterocycles. The molecule has 7 aromatic carbocycles. The minimum Gasteiger partial charge on any atom is -0.408 e. The summed E-state index contributed by atoms with van der Waals surface area (Å²) >= 11 is 0. The van der Waals surface area contributed by atoms with Crippen LogP contribution in [0.3, 0.4) is 0 Å². The van der Waals surface area contributed by atoms with Gasteiger partial charge in [0.1, 0.15) is 0 Å². The third-order valence-electron chi connectivity index (χ3n) is 10.4. The third kappa shape index (κ3) is 4.60. The minimum atomic E-state index is -0.352. The van der Waals surface area contributed by atoms with Crippen LogP contribution in [-0.2, 0) is 12.8 Å². The summed E-state index contributed by atoms with van der Waals surface area (Å²) in [5.74, 6) is 0.670. The van der Waals surface area contributed by atoms with E-state index in [2.05, 4.69) is 145 Å². The number of anilines is 2. The Morgan fingerprint density at radius 1 is 0.592 bits per heavy atom. The summed E-state index contributed by atoms with van der Waals surface area (Å²) < 4.78 is 6.53. The fourth-order valence-electron chi connectivity index (χ4n) is 8.75. The highest BCUT2D eigenvalue weighted by atomic mass is 16.6. The molecule has 1 amide bonds. The van der Waals surface area contributed by atoms with E-state index >= 15 is 0 Å². The largest absolute Gasteiger partial charge is 0.424 e. The van der Waals surface area contributed by atoms with Crippen LogP contribution in [-0.4, -0.2) is 12.8 Å². The fourth-order valence-corrected chi connectivity index (χ4v) is 8.75. The second kappa shape index (κ2) is 10.5. The van der Waals surface area contributed by atoms with Gasteiger partial charge in [0.05, 0.1) is 5.69 Å². The van der Waals surface area contributed by atoms with Gasteiger partial charge in [-0.25, -0.2) is 9.69 Å². The maximum Gasteiger partial charge on any atom is 0.424 e. The van der Waals surface area contributed by atoms with Crippen LogP contribution in [0.15, 0.2) is 109 Å². The monoisotopic (exact) mass is 637 g/mol. The second-order valence-corrected chi connectivity index (χ2v) is 16.5. The molecule has 0 saturated carbocycles. The van der Waals surface area contributed by atoms with Crippen LogP contribution >= 0.6 is 0 Å². The number of benzene rings is 7. The molecule has 4 heteroatoms. The lowest BCUT2D eigenvalue weighted by atomic mass is 9.33. The number of rotatable bonds is 3. The van der Waals surface area contributed by atoms with Gasteiger partial charge in [-0.05, 0) is 79.0 Å². The molecule has 3 nitrogen and oxygen atoms in total. The Bertz CT molecular complexity index is 2500.